The maximum Gasteiger partial charge on any atom is 0.224 e. The Morgan fingerprint density at radius 3 is 2.96 bits per heavy atom. The molecule has 2 aromatic heterocycles. The summed E-state index contributed by atoms with van der Waals surface area (Å²) in [6.45, 7) is 6.21. The van der Waals surface area contributed by atoms with E-state index in [1.807, 2.05) is 42.1 Å². The lowest BCUT2D eigenvalue weighted by atomic mass is 10.1. The first-order chi connectivity index (χ1) is 11.6. The Morgan fingerprint density at radius 2 is 2.21 bits per heavy atom. The highest BCUT2D eigenvalue weighted by molar-refractivity contribution is 5.41. The van der Waals surface area contributed by atoms with Crippen LogP contribution in [0, 0.1) is 6.92 Å². The summed E-state index contributed by atoms with van der Waals surface area (Å²) < 4.78 is 2.02. The maximum atomic E-state index is 4.56. The standard InChI is InChI=1S/C17H27N7/c1-14-11-19-24(12-14)10-9-23-8-4-5-15(13-23)20-17-18-7-6-16(21-17)22(2)3/h6-7,11-12,15H,4-5,8-10,13H2,1-3H3,(H,18,20,21). The molecule has 1 saturated heterocycles. The second-order valence-corrected chi connectivity index (χ2v) is 6.70. The molecule has 2 aromatic rings. The molecule has 0 bridgehead atoms. The lowest BCUT2D eigenvalue weighted by molar-refractivity contribution is 0.206. The smallest absolute Gasteiger partial charge is 0.224 e. The van der Waals surface area contributed by atoms with Crippen LogP contribution in [0.5, 0.6) is 0 Å². The number of aromatic nitrogens is 4. The summed E-state index contributed by atoms with van der Waals surface area (Å²) in [5.41, 5.74) is 1.21. The zero-order valence-corrected chi connectivity index (χ0v) is 14.8. The Kier molecular flexibility index (Phi) is 5.30. The fraction of sp³-hybridized carbons (Fsp3) is 0.588. The molecular weight excluding hydrogens is 302 g/mol. The van der Waals surface area contributed by atoms with Gasteiger partial charge in [-0.15, -0.1) is 0 Å². The van der Waals surface area contributed by atoms with Crippen LogP contribution in [0.2, 0.25) is 0 Å². The van der Waals surface area contributed by atoms with Gasteiger partial charge in [-0.2, -0.15) is 10.1 Å². The van der Waals surface area contributed by atoms with E-state index in [0.29, 0.717) is 6.04 Å². The molecule has 1 N–H and O–H groups in total. The number of nitrogens with zero attached hydrogens (tertiary/aromatic N) is 6. The largest absolute Gasteiger partial charge is 0.363 e. The summed E-state index contributed by atoms with van der Waals surface area (Å²) in [6.07, 6.45) is 8.18. The van der Waals surface area contributed by atoms with Crippen LogP contribution < -0.4 is 10.2 Å². The van der Waals surface area contributed by atoms with Crippen LogP contribution in [0.3, 0.4) is 0 Å². The number of hydrogen-bond acceptors (Lipinski definition) is 6. The van der Waals surface area contributed by atoms with Crippen LogP contribution in [-0.4, -0.2) is 64.4 Å². The van der Waals surface area contributed by atoms with Gasteiger partial charge in [-0.3, -0.25) is 9.58 Å². The second-order valence-electron chi connectivity index (χ2n) is 6.70. The number of piperidine rings is 1. The fourth-order valence-electron chi connectivity index (χ4n) is 3.06. The fourth-order valence-corrected chi connectivity index (χ4v) is 3.06. The van der Waals surface area contributed by atoms with E-state index in [0.717, 1.165) is 44.4 Å². The molecule has 3 rings (SSSR count). The first-order valence-electron chi connectivity index (χ1n) is 8.58. The van der Waals surface area contributed by atoms with E-state index in [2.05, 4.69) is 38.4 Å². The number of aryl methyl sites for hydroxylation is 1. The van der Waals surface area contributed by atoms with E-state index in [9.17, 15) is 0 Å². The van der Waals surface area contributed by atoms with Gasteiger partial charge >= 0.3 is 0 Å². The Labute approximate surface area is 143 Å². The first kappa shape index (κ1) is 16.7. The first-order valence-corrected chi connectivity index (χ1v) is 8.58. The van der Waals surface area contributed by atoms with Crippen molar-refractivity contribution in [1.82, 2.24) is 24.6 Å². The summed E-state index contributed by atoms with van der Waals surface area (Å²) in [6, 6.07) is 2.32. The third-order valence-electron chi connectivity index (χ3n) is 4.35. The summed E-state index contributed by atoms with van der Waals surface area (Å²) in [5, 5.41) is 7.86. The normalized spacial score (nSPS) is 18.5. The van der Waals surface area contributed by atoms with E-state index in [4.69, 9.17) is 0 Å². The minimum absolute atomic E-state index is 0.399. The summed E-state index contributed by atoms with van der Waals surface area (Å²) in [5.74, 6) is 1.64. The summed E-state index contributed by atoms with van der Waals surface area (Å²) in [7, 11) is 3.98. The number of hydrogen-bond donors (Lipinski definition) is 1. The highest BCUT2D eigenvalue weighted by Gasteiger charge is 2.20. The third-order valence-corrected chi connectivity index (χ3v) is 4.35. The van der Waals surface area contributed by atoms with Gasteiger partial charge in [0.05, 0.1) is 12.7 Å². The molecule has 0 spiro atoms. The van der Waals surface area contributed by atoms with E-state index >= 15 is 0 Å². The summed E-state index contributed by atoms with van der Waals surface area (Å²) in [4.78, 5) is 13.4. The highest BCUT2D eigenvalue weighted by atomic mass is 15.3. The predicted molar refractivity (Wildman–Crippen MR) is 96.4 cm³/mol. The highest BCUT2D eigenvalue weighted by Crippen LogP contribution is 2.15. The van der Waals surface area contributed by atoms with Gasteiger partial charge in [-0.05, 0) is 37.9 Å². The minimum atomic E-state index is 0.399. The van der Waals surface area contributed by atoms with Crippen LogP contribution in [0.4, 0.5) is 11.8 Å². The molecule has 1 unspecified atom stereocenters. The lowest BCUT2D eigenvalue weighted by Gasteiger charge is -2.33. The van der Waals surface area contributed by atoms with Crippen molar-refractivity contribution >= 4 is 11.8 Å². The molecule has 24 heavy (non-hydrogen) atoms. The zero-order chi connectivity index (χ0) is 16.9. The van der Waals surface area contributed by atoms with Crippen molar-refractivity contribution in [3.05, 3.63) is 30.2 Å². The monoisotopic (exact) mass is 329 g/mol. The molecule has 0 saturated carbocycles. The van der Waals surface area contributed by atoms with Gasteiger partial charge in [0, 0.05) is 45.6 Å². The molecule has 3 heterocycles. The van der Waals surface area contributed by atoms with E-state index in [1.165, 1.54) is 12.0 Å². The molecule has 130 valence electrons. The van der Waals surface area contributed by atoms with Gasteiger partial charge in [-0.1, -0.05) is 0 Å². The molecule has 1 fully saturated rings. The van der Waals surface area contributed by atoms with E-state index in [-0.39, 0.29) is 0 Å². The topological polar surface area (TPSA) is 62.1 Å². The number of rotatable bonds is 6. The van der Waals surface area contributed by atoms with Crippen molar-refractivity contribution in [1.29, 1.82) is 0 Å². The number of anilines is 2. The van der Waals surface area contributed by atoms with Gasteiger partial charge in [0.25, 0.3) is 0 Å². The second kappa shape index (κ2) is 7.61. The molecule has 0 radical (unpaired) electrons. The summed E-state index contributed by atoms with van der Waals surface area (Å²) >= 11 is 0. The molecule has 0 aliphatic carbocycles. The Bertz CT molecular complexity index is 652. The SMILES string of the molecule is Cc1cnn(CCN2CCCC(Nc3nccc(N(C)C)n3)C2)c1. The van der Waals surface area contributed by atoms with Crippen LogP contribution in [-0.2, 0) is 6.54 Å². The minimum Gasteiger partial charge on any atom is -0.363 e. The van der Waals surface area contributed by atoms with Crippen molar-refractivity contribution in [2.75, 3.05) is 43.9 Å². The molecule has 0 aromatic carbocycles. The Hall–Kier alpha value is -2.15. The molecule has 1 atom stereocenters. The van der Waals surface area contributed by atoms with Gasteiger partial charge in [0.15, 0.2) is 0 Å². The molecular formula is C17H27N7. The maximum absolute atomic E-state index is 4.56. The van der Waals surface area contributed by atoms with Crippen molar-refractivity contribution < 1.29 is 0 Å². The quantitative estimate of drug-likeness (QED) is 0.869. The van der Waals surface area contributed by atoms with Crippen LogP contribution >= 0.6 is 0 Å². The predicted octanol–water partition coefficient (Wildman–Crippen LogP) is 1.62. The lowest BCUT2D eigenvalue weighted by Crippen LogP contribution is -2.43. The van der Waals surface area contributed by atoms with Crippen molar-refractivity contribution in [2.45, 2.75) is 32.4 Å². The van der Waals surface area contributed by atoms with Crippen molar-refractivity contribution in [3.8, 4) is 0 Å². The van der Waals surface area contributed by atoms with E-state index < -0.39 is 0 Å². The third kappa shape index (κ3) is 4.44. The van der Waals surface area contributed by atoms with Crippen LogP contribution in [0.25, 0.3) is 0 Å². The number of nitrogens with one attached hydrogen (secondary N) is 1. The molecule has 1 aliphatic rings. The number of likely N-dealkylation sites (tertiary alicyclic amines) is 1. The van der Waals surface area contributed by atoms with Crippen molar-refractivity contribution in [3.63, 3.8) is 0 Å². The molecule has 7 nitrogen and oxygen atoms in total. The van der Waals surface area contributed by atoms with Gasteiger partial charge in [0.2, 0.25) is 5.95 Å². The van der Waals surface area contributed by atoms with E-state index in [1.54, 1.807) is 0 Å². The van der Waals surface area contributed by atoms with Gasteiger partial charge in [0.1, 0.15) is 5.82 Å². The van der Waals surface area contributed by atoms with Gasteiger partial charge < -0.3 is 10.2 Å². The Morgan fingerprint density at radius 1 is 1.33 bits per heavy atom. The average Bonchev–Trinajstić information content (AvgIpc) is 2.99. The van der Waals surface area contributed by atoms with Gasteiger partial charge in [-0.25, -0.2) is 4.98 Å². The average molecular weight is 329 g/mol. The molecule has 0 amide bonds. The zero-order valence-electron chi connectivity index (χ0n) is 14.8. The van der Waals surface area contributed by atoms with Crippen LogP contribution in [0.15, 0.2) is 24.7 Å². The molecule has 1 aliphatic heterocycles. The molecule has 7 heteroatoms. The van der Waals surface area contributed by atoms with Crippen LogP contribution in [0.1, 0.15) is 18.4 Å². The Balaban J connectivity index is 1.52. The van der Waals surface area contributed by atoms with Crippen molar-refractivity contribution in [2.24, 2.45) is 0 Å².